The molecule has 5 aliphatic carbocycles. The van der Waals surface area contributed by atoms with Gasteiger partial charge in [-0.25, -0.2) is 0 Å². The third kappa shape index (κ3) is 3.52. The van der Waals surface area contributed by atoms with Gasteiger partial charge in [0, 0.05) is 0 Å². The average molecular weight is 323 g/mol. The highest BCUT2D eigenvalue weighted by atomic mass is 14.7. The predicted octanol–water partition coefficient (Wildman–Crippen LogP) is 7.82. The second-order valence-electron chi connectivity index (χ2n) is 7.38. The highest BCUT2D eigenvalue weighted by Crippen LogP contribution is 2.70. The first-order chi connectivity index (χ1) is 11.4. The fourth-order valence-corrected chi connectivity index (χ4v) is 7.12. The lowest BCUT2D eigenvalue weighted by atomic mass is 9.72. The minimum absolute atomic E-state index is 1.20. The lowest BCUT2D eigenvalue weighted by Crippen LogP contribution is -2.27. The van der Waals surface area contributed by atoms with E-state index < -0.39 is 0 Å². The Bertz CT molecular complexity index is 277. The summed E-state index contributed by atoms with van der Waals surface area (Å²) in [6.07, 6.45) is 11.4. The summed E-state index contributed by atoms with van der Waals surface area (Å²) in [5, 5.41) is 0. The van der Waals surface area contributed by atoms with E-state index in [1.165, 1.54) is 47.3 Å². The van der Waals surface area contributed by atoms with Crippen molar-refractivity contribution in [2.75, 3.05) is 0 Å². The van der Waals surface area contributed by atoms with Gasteiger partial charge in [-0.15, -0.1) is 0 Å². The third-order valence-corrected chi connectivity index (χ3v) is 7.30. The molecule has 0 amide bonds. The van der Waals surface area contributed by atoms with Crippen LogP contribution < -0.4 is 0 Å². The summed E-state index contributed by atoms with van der Waals surface area (Å²) in [5.74, 6) is 9.73. The second-order valence-corrected chi connectivity index (χ2v) is 7.38. The molecule has 8 atom stereocenters. The van der Waals surface area contributed by atoms with Crippen LogP contribution in [-0.2, 0) is 0 Å². The monoisotopic (exact) mass is 322 g/mol. The molecule has 0 N–H and O–H groups in total. The van der Waals surface area contributed by atoms with Crippen molar-refractivity contribution in [3.63, 3.8) is 0 Å². The summed E-state index contributed by atoms with van der Waals surface area (Å²) < 4.78 is 0. The summed E-state index contributed by atoms with van der Waals surface area (Å²) in [5.41, 5.74) is 0. The van der Waals surface area contributed by atoms with Crippen LogP contribution >= 0.6 is 0 Å². The normalized spacial score (nSPS) is 45.9. The predicted molar refractivity (Wildman–Crippen MR) is 106 cm³/mol. The Morgan fingerprint density at radius 2 is 0.696 bits per heavy atom. The molecule has 0 aliphatic heterocycles. The summed E-state index contributed by atoms with van der Waals surface area (Å²) >= 11 is 0. The zero-order valence-electron chi connectivity index (χ0n) is 17.6. The van der Waals surface area contributed by atoms with Crippen molar-refractivity contribution in [2.45, 2.75) is 100 Å². The molecule has 0 aromatic rings. The SMILES string of the molecule is C1CC2CC1C1CC3C4CCC(C4)C3C21.CC.CC.CC.CC. The van der Waals surface area contributed by atoms with E-state index in [1.54, 1.807) is 44.9 Å². The highest BCUT2D eigenvalue weighted by Gasteiger charge is 2.63. The molecule has 0 nitrogen and oxygen atoms in total. The number of fused-ring (bicyclic) bond motifs is 11. The van der Waals surface area contributed by atoms with Gasteiger partial charge in [0.05, 0.1) is 0 Å². The molecule has 0 aromatic heterocycles. The van der Waals surface area contributed by atoms with Crippen LogP contribution in [0.25, 0.3) is 0 Å². The molecule has 0 aromatic carbocycles. The minimum atomic E-state index is 1.20. The van der Waals surface area contributed by atoms with E-state index in [4.69, 9.17) is 0 Å². The van der Waals surface area contributed by atoms with Crippen molar-refractivity contribution in [2.24, 2.45) is 47.3 Å². The van der Waals surface area contributed by atoms with Gasteiger partial charge in [0.2, 0.25) is 0 Å². The Labute approximate surface area is 148 Å². The molecular weight excluding hydrogens is 276 g/mol. The first-order valence-electron chi connectivity index (χ1n) is 11.4. The standard InChI is InChI=1S/C15H22.4C2H6/c1-3-10-5-8(1)12-7-13-9-2-4-11(6-9)15(13)14(10)12;4*1-2/h8-15H,1-7H2;4*1-2H3. The Morgan fingerprint density at radius 3 is 1.04 bits per heavy atom. The van der Waals surface area contributed by atoms with E-state index in [1.807, 2.05) is 55.4 Å². The van der Waals surface area contributed by atoms with Crippen molar-refractivity contribution in [1.29, 1.82) is 0 Å². The smallest absolute Gasteiger partial charge is 0.0321 e. The minimum Gasteiger partial charge on any atom is -0.0683 e. The first-order valence-corrected chi connectivity index (χ1v) is 11.4. The van der Waals surface area contributed by atoms with Crippen LogP contribution in [-0.4, -0.2) is 0 Å². The van der Waals surface area contributed by atoms with E-state index >= 15 is 0 Å². The maximum absolute atomic E-state index is 2.00. The van der Waals surface area contributed by atoms with Gasteiger partial charge in [-0.2, -0.15) is 0 Å². The first kappa shape index (κ1) is 21.0. The van der Waals surface area contributed by atoms with Gasteiger partial charge >= 0.3 is 0 Å². The zero-order chi connectivity index (χ0) is 17.6. The molecule has 138 valence electrons. The molecule has 0 heteroatoms. The largest absolute Gasteiger partial charge is 0.0683 e. The van der Waals surface area contributed by atoms with Crippen LogP contribution in [0.1, 0.15) is 100 Å². The summed E-state index contributed by atoms with van der Waals surface area (Å²) in [4.78, 5) is 0. The molecule has 5 aliphatic rings. The van der Waals surface area contributed by atoms with Gasteiger partial charge in [-0.3, -0.25) is 0 Å². The Morgan fingerprint density at radius 1 is 0.391 bits per heavy atom. The molecule has 0 radical (unpaired) electrons. The molecule has 4 bridgehead atoms. The van der Waals surface area contributed by atoms with E-state index in [9.17, 15) is 0 Å². The van der Waals surface area contributed by atoms with Crippen molar-refractivity contribution >= 4 is 0 Å². The van der Waals surface area contributed by atoms with E-state index in [0.29, 0.717) is 0 Å². The fourth-order valence-electron chi connectivity index (χ4n) is 7.12. The maximum atomic E-state index is 2.00. The number of hydrogen-bond donors (Lipinski definition) is 0. The van der Waals surface area contributed by atoms with Gasteiger partial charge in [-0.1, -0.05) is 55.4 Å². The summed E-state index contributed by atoms with van der Waals surface area (Å²) in [7, 11) is 0. The van der Waals surface area contributed by atoms with Crippen molar-refractivity contribution in [3.05, 3.63) is 0 Å². The Hall–Kier alpha value is 0. The van der Waals surface area contributed by atoms with Crippen LogP contribution in [0.3, 0.4) is 0 Å². The average Bonchev–Trinajstić information content (AvgIpc) is 3.44. The van der Waals surface area contributed by atoms with Crippen molar-refractivity contribution < 1.29 is 0 Å². The van der Waals surface area contributed by atoms with Gasteiger partial charge in [-0.05, 0) is 92.3 Å². The molecular formula is C23H46. The molecule has 5 rings (SSSR count). The van der Waals surface area contributed by atoms with Crippen LogP contribution in [0.5, 0.6) is 0 Å². The summed E-state index contributed by atoms with van der Waals surface area (Å²) in [6.45, 7) is 16.0. The maximum Gasteiger partial charge on any atom is -0.0321 e. The van der Waals surface area contributed by atoms with Crippen LogP contribution in [0.2, 0.25) is 0 Å². The number of hydrogen-bond acceptors (Lipinski definition) is 0. The molecule has 5 saturated carbocycles. The van der Waals surface area contributed by atoms with Crippen LogP contribution in [0, 0.1) is 47.3 Å². The quantitative estimate of drug-likeness (QED) is 0.426. The number of rotatable bonds is 0. The fraction of sp³-hybridized carbons (Fsp3) is 1.00. The zero-order valence-corrected chi connectivity index (χ0v) is 17.6. The van der Waals surface area contributed by atoms with E-state index in [-0.39, 0.29) is 0 Å². The highest BCUT2D eigenvalue weighted by molar-refractivity contribution is 5.12. The molecule has 0 spiro atoms. The summed E-state index contributed by atoms with van der Waals surface area (Å²) in [6, 6.07) is 0. The van der Waals surface area contributed by atoms with Crippen LogP contribution in [0.4, 0.5) is 0 Å². The topological polar surface area (TPSA) is 0 Å². The molecule has 0 heterocycles. The molecule has 5 fully saturated rings. The van der Waals surface area contributed by atoms with Crippen molar-refractivity contribution in [1.82, 2.24) is 0 Å². The second kappa shape index (κ2) is 10.1. The molecule has 23 heavy (non-hydrogen) atoms. The van der Waals surface area contributed by atoms with E-state index in [2.05, 4.69) is 0 Å². The molecule has 8 unspecified atom stereocenters. The van der Waals surface area contributed by atoms with Crippen molar-refractivity contribution in [3.8, 4) is 0 Å². The van der Waals surface area contributed by atoms with Gasteiger partial charge in [0.1, 0.15) is 0 Å². The van der Waals surface area contributed by atoms with Crippen LogP contribution in [0.15, 0.2) is 0 Å². The van der Waals surface area contributed by atoms with Gasteiger partial charge in [0.25, 0.3) is 0 Å². The van der Waals surface area contributed by atoms with E-state index in [0.717, 1.165) is 0 Å². The lowest BCUT2D eigenvalue weighted by molar-refractivity contribution is 0.153. The third-order valence-electron chi connectivity index (χ3n) is 7.30. The van der Waals surface area contributed by atoms with Gasteiger partial charge < -0.3 is 0 Å². The Kier molecular flexibility index (Phi) is 9.24. The molecule has 0 saturated heterocycles. The van der Waals surface area contributed by atoms with Gasteiger partial charge in [0.15, 0.2) is 0 Å². The lowest BCUT2D eigenvalue weighted by Gasteiger charge is -2.33. The Balaban J connectivity index is 0.000000295.